The van der Waals surface area contributed by atoms with E-state index in [4.69, 9.17) is 10.2 Å². The number of fused-ring (bicyclic) bond motifs is 2. The Hall–Kier alpha value is -2.92. The lowest BCUT2D eigenvalue weighted by Gasteiger charge is -2.35. The van der Waals surface area contributed by atoms with Gasteiger partial charge in [0.05, 0.1) is 6.04 Å². The van der Waals surface area contributed by atoms with Crippen molar-refractivity contribution >= 4 is 16.9 Å². The second kappa shape index (κ2) is 7.00. The number of carbonyl (C=O) groups excluding carboxylic acids is 1. The minimum Gasteiger partial charge on any atom is -0.423 e. The molecular weight excluding hydrogens is 340 g/mol. The van der Waals surface area contributed by atoms with E-state index in [0.29, 0.717) is 25.1 Å². The smallest absolute Gasteiger partial charge is 0.336 e. The highest BCUT2D eigenvalue weighted by Crippen LogP contribution is 2.27. The van der Waals surface area contributed by atoms with Crippen LogP contribution >= 0.6 is 0 Å². The second-order valence-electron chi connectivity index (χ2n) is 7.07. The van der Waals surface area contributed by atoms with E-state index in [2.05, 4.69) is 13.0 Å². The Morgan fingerprint density at radius 1 is 1.19 bits per heavy atom. The Morgan fingerprint density at radius 2 is 1.96 bits per heavy atom. The van der Waals surface area contributed by atoms with Gasteiger partial charge in [-0.25, -0.2) is 4.79 Å². The topological polar surface area (TPSA) is 76.5 Å². The zero-order chi connectivity index (χ0) is 19.0. The number of rotatable bonds is 4. The first kappa shape index (κ1) is 17.5. The Kier molecular flexibility index (Phi) is 4.54. The molecule has 27 heavy (non-hydrogen) atoms. The van der Waals surface area contributed by atoms with Crippen molar-refractivity contribution in [2.24, 2.45) is 5.73 Å². The number of hydrogen-bond donors (Lipinski definition) is 1. The number of hydrogen-bond acceptors (Lipinski definition) is 4. The quantitative estimate of drug-likeness (QED) is 0.724. The molecule has 0 saturated carbocycles. The van der Waals surface area contributed by atoms with E-state index in [1.165, 1.54) is 11.6 Å². The van der Waals surface area contributed by atoms with Gasteiger partial charge in [0, 0.05) is 24.5 Å². The van der Waals surface area contributed by atoms with Crippen LogP contribution in [-0.4, -0.2) is 16.8 Å². The SMILES string of the molecule is CCc1ccc2c(CN3Cc4ccccc4C[C@H]3C(N)=O)cc(=O)oc2c1. The van der Waals surface area contributed by atoms with Gasteiger partial charge >= 0.3 is 5.63 Å². The Morgan fingerprint density at radius 3 is 2.70 bits per heavy atom. The number of primary amides is 1. The van der Waals surface area contributed by atoms with Crippen LogP contribution in [0, 0.1) is 0 Å². The van der Waals surface area contributed by atoms with Crippen LogP contribution in [0.5, 0.6) is 0 Å². The van der Waals surface area contributed by atoms with Gasteiger partial charge in [-0.05, 0) is 41.2 Å². The van der Waals surface area contributed by atoms with Crippen molar-refractivity contribution in [2.45, 2.75) is 38.9 Å². The highest BCUT2D eigenvalue weighted by molar-refractivity contribution is 5.82. The van der Waals surface area contributed by atoms with Crippen LogP contribution in [0.1, 0.15) is 29.2 Å². The summed E-state index contributed by atoms with van der Waals surface area (Å²) in [6.07, 6.45) is 1.46. The first-order valence-corrected chi connectivity index (χ1v) is 9.21. The normalized spacial score (nSPS) is 17.0. The second-order valence-corrected chi connectivity index (χ2v) is 7.07. The van der Waals surface area contributed by atoms with Gasteiger partial charge in [-0.1, -0.05) is 43.3 Å². The minimum absolute atomic E-state index is 0.343. The molecule has 3 aromatic rings. The summed E-state index contributed by atoms with van der Waals surface area (Å²) in [5.41, 5.74) is 10.2. The van der Waals surface area contributed by atoms with Gasteiger partial charge in [-0.2, -0.15) is 0 Å². The molecular formula is C22H22N2O3. The molecule has 138 valence electrons. The van der Waals surface area contributed by atoms with Crippen molar-refractivity contribution in [2.75, 3.05) is 0 Å². The summed E-state index contributed by atoms with van der Waals surface area (Å²) in [6.45, 7) is 3.15. The standard InChI is InChI=1S/C22H22N2O3/c1-2-14-7-8-18-17(11-21(25)27-20(18)9-14)13-24-12-16-6-4-3-5-15(16)10-19(24)22(23)26/h3-9,11,19H,2,10,12-13H2,1H3,(H2,23,26)/t19-/m0/s1. The maximum Gasteiger partial charge on any atom is 0.336 e. The molecule has 1 aliphatic heterocycles. The summed E-state index contributed by atoms with van der Waals surface area (Å²) in [7, 11) is 0. The number of nitrogens with zero attached hydrogens (tertiary/aromatic N) is 1. The summed E-state index contributed by atoms with van der Waals surface area (Å²) in [6, 6.07) is 15.2. The van der Waals surface area contributed by atoms with Crippen molar-refractivity contribution in [3.8, 4) is 0 Å². The molecule has 0 bridgehead atoms. The molecule has 0 spiro atoms. The fourth-order valence-electron chi connectivity index (χ4n) is 3.87. The monoisotopic (exact) mass is 362 g/mol. The van der Waals surface area contributed by atoms with Crippen molar-refractivity contribution in [3.63, 3.8) is 0 Å². The van der Waals surface area contributed by atoms with Gasteiger partial charge in [0.25, 0.3) is 0 Å². The van der Waals surface area contributed by atoms with Crippen LogP contribution in [0.15, 0.2) is 57.7 Å². The molecule has 0 unspecified atom stereocenters. The summed E-state index contributed by atoms with van der Waals surface area (Å²) in [5, 5.41) is 0.897. The van der Waals surface area contributed by atoms with E-state index >= 15 is 0 Å². The van der Waals surface area contributed by atoms with Crippen molar-refractivity contribution in [3.05, 3.63) is 81.2 Å². The van der Waals surface area contributed by atoms with Crippen LogP contribution < -0.4 is 11.4 Å². The Labute approximate surface area is 157 Å². The molecule has 1 amide bonds. The number of aryl methyl sites for hydroxylation is 1. The molecule has 0 fully saturated rings. The maximum absolute atomic E-state index is 12.1. The molecule has 1 atom stereocenters. The average molecular weight is 362 g/mol. The Balaban J connectivity index is 1.74. The van der Waals surface area contributed by atoms with Crippen molar-refractivity contribution in [1.82, 2.24) is 4.90 Å². The molecule has 0 aliphatic carbocycles. The van der Waals surface area contributed by atoms with E-state index in [1.54, 1.807) is 0 Å². The van der Waals surface area contributed by atoms with Gasteiger partial charge in [0.1, 0.15) is 5.58 Å². The Bertz CT molecular complexity index is 1070. The van der Waals surface area contributed by atoms with Crippen LogP contribution in [0.2, 0.25) is 0 Å². The highest BCUT2D eigenvalue weighted by atomic mass is 16.4. The molecule has 5 heteroatoms. The van der Waals surface area contributed by atoms with Crippen molar-refractivity contribution < 1.29 is 9.21 Å². The molecule has 4 rings (SSSR count). The third-order valence-electron chi connectivity index (χ3n) is 5.35. The van der Waals surface area contributed by atoms with Gasteiger partial charge < -0.3 is 10.2 Å². The largest absolute Gasteiger partial charge is 0.423 e. The number of benzene rings is 2. The summed E-state index contributed by atoms with van der Waals surface area (Å²) in [4.78, 5) is 26.2. The van der Waals surface area contributed by atoms with Crippen LogP contribution in [0.4, 0.5) is 0 Å². The van der Waals surface area contributed by atoms with Crippen LogP contribution in [0.25, 0.3) is 11.0 Å². The maximum atomic E-state index is 12.1. The van der Waals surface area contributed by atoms with E-state index in [9.17, 15) is 9.59 Å². The first-order valence-electron chi connectivity index (χ1n) is 9.21. The van der Waals surface area contributed by atoms with Gasteiger partial charge in [0.15, 0.2) is 0 Å². The number of amides is 1. The van der Waals surface area contributed by atoms with Crippen LogP contribution in [-0.2, 0) is 30.7 Å². The van der Waals surface area contributed by atoms with Gasteiger partial charge in [0.2, 0.25) is 5.91 Å². The predicted molar refractivity (Wildman–Crippen MR) is 104 cm³/mol. The third kappa shape index (κ3) is 3.38. The summed E-state index contributed by atoms with van der Waals surface area (Å²) >= 11 is 0. The lowest BCUT2D eigenvalue weighted by atomic mass is 9.93. The molecule has 1 aliphatic rings. The molecule has 2 heterocycles. The zero-order valence-corrected chi connectivity index (χ0v) is 15.3. The van der Waals surface area contributed by atoms with E-state index in [-0.39, 0.29) is 11.5 Å². The van der Waals surface area contributed by atoms with E-state index in [0.717, 1.165) is 28.5 Å². The lowest BCUT2D eigenvalue weighted by molar-refractivity contribution is -0.124. The third-order valence-corrected chi connectivity index (χ3v) is 5.35. The van der Waals surface area contributed by atoms with Crippen molar-refractivity contribution in [1.29, 1.82) is 0 Å². The fourth-order valence-corrected chi connectivity index (χ4v) is 3.87. The lowest BCUT2D eigenvalue weighted by Crippen LogP contribution is -2.48. The molecule has 0 saturated heterocycles. The van der Waals surface area contributed by atoms with E-state index in [1.807, 2.05) is 41.3 Å². The fraction of sp³-hybridized carbons (Fsp3) is 0.273. The summed E-state index contributed by atoms with van der Waals surface area (Å²) < 4.78 is 5.40. The molecule has 0 radical (unpaired) electrons. The van der Waals surface area contributed by atoms with E-state index < -0.39 is 6.04 Å². The molecule has 5 nitrogen and oxygen atoms in total. The first-order chi connectivity index (χ1) is 13.0. The number of carbonyl (C=O) groups is 1. The molecule has 2 N–H and O–H groups in total. The molecule has 1 aromatic heterocycles. The minimum atomic E-state index is -0.392. The average Bonchev–Trinajstić information content (AvgIpc) is 2.66. The predicted octanol–water partition coefficient (Wildman–Crippen LogP) is 2.77. The van der Waals surface area contributed by atoms with Crippen LogP contribution in [0.3, 0.4) is 0 Å². The summed E-state index contributed by atoms with van der Waals surface area (Å²) in [5.74, 6) is -0.343. The zero-order valence-electron chi connectivity index (χ0n) is 15.3. The number of nitrogens with two attached hydrogens (primary N) is 1. The van der Waals surface area contributed by atoms with Gasteiger partial charge in [-0.15, -0.1) is 0 Å². The molecule has 2 aromatic carbocycles. The highest BCUT2D eigenvalue weighted by Gasteiger charge is 2.30. The van der Waals surface area contributed by atoms with Gasteiger partial charge in [-0.3, -0.25) is 9.69 Å².